The predicted octanol–water partition coefficient (Wildman–Crippen LogP) is 2.15. The topological polar surface area (TPSA) is 20.3 Å². The van der Waals surface area contributed by atoms with E-state index in [2.05, 4.69) is 36.4 Å². The number of likely N-dealkylation sites (N-methyl/N-ethyl adjacent to an activating group) is 1. The number of hydrogen-bond donors (Lipinski definition) is 0. The molecule has 102 valence electrons. The predicted molar refractivity (Wildman–Crippen MR) is 84.9 cm³/mol. The maximum atomic E-state index is 12.0. The number of benzene rings is 2. The van der Waals surface area contributed by atoms with Crippen LogP contribution >= 0.6 is 0 Å². The second-order valence-corrected chi connectivity index (χ2v) is 7.71. The molecular weight excluding hydrogens is 362 g/mol. The molecule has 2 aromatic carbocycles. The number of amides is 1. The molecule has 20 heavy (non-hydrogen) atoms. The van der Waals surface area contributed by atoms with Crippen molar-refractivity contribution < 1.29 is 4.79 Å². The third kappa shape index (κ3) is 4.23. The van der Waals surface area contributed by atoms with Gasteiger partial charge in [-0.15, -0.1) is 0 Å². The summed E-state index contributed by atoms with van der Waals surface area (Å²) in [5.41, 5.74) is 1.15. The molecule has 0 unspecified atom stereocenters. The summed E-state index contributed by atoms with van der Waals surface area (Å²) in [6.07, 6.45) is 1.78. The van der Waals surface area contributed by atoms with Crippen molar-refractivity contribution in [3.63, 3.8) is 0 Å². The number of rotatable bonds is 4. The Bertz CT molecular complexity index is 591. The Labute approximate surface area is 130 Å². The fourth-order valence-electron chi connectivity index (χ4n) is 1.63. The second kappa shape index (κ2) is 7.28. The van der Waals surface area contributed by atoms with Gasteiger partial charge >= 0.3 is 130 Å². The fourth-order valence-corrected chi connectivity index (χ4v) is 4.37. The monoisotopic (exact) mass is 381 g/mol. The van der Waals surface area contributed by atoms with Gasteiger partial charge in [0.15, 0.2) is 0 Å². The molecular formula is C17H17NOTe. The van der Waals surface area contributed by atoms with E-state index in [0.717, 1.165) is 5.56 Å². The van der Waals surface area contributed by atoms with E-state index in [1.165, 1.54) is 7.23 Å². The Balaban J connectivity index is 2.32. The number of nitrogens with zero attached hydrogens (tertiary/aromatic N) is 1. The normalized spacial score (nSPS) is 11.2. The summed E-state index contributed by atoms with van der Waals surface area (Å²) in [6, 6.07) is 20.6. The molecule has 2 nitrogen and oxygen atoms in total. The molecule has 0 aromatic heterocycles. The van der Waals surface area contributed by atoms with Gasteiger partial charge in [-0.3, -0.25) is 0 Å². The minimum absolute atomic E-state index is 0.0462. The zero-order chi connectivity index (χ0) is 14.4. The molecule has 0 radical (unpaired) electrons. The van der Waals surface area contributed by atoms with Crippen LogP contribution in [-0.2, 0) is 4.79 Å². The van der Waals surface area contributed by atoms with Gasteiger partial charge < -0.3 is 0 Å². The van der Waals surface area contributed by atoms with Crippen LogP contribution < -0.4 is 3.61 Å². The van der Waals surface area contributed by atoms with Crippen LogP contribution in [0.5, 0.6) is 0 Å². The van der Waals surface area contributed by atoms with Crippen molar-refractivity contribution in [1.29, 1.82) is 0 Å². The summed E-state index contributed by atoms with van der Waals surface area (Å²) in [6.45, 7) is 0. The Kier molecular flexibility index (Phi) is 5.40. The van der Waals surface area contributed by atoms with E-state index in [0.29, 0.717) is 0 Å². The summed E-state index contributed by atoms with van der Waals surface area (Å²) in [7, 11) is 3.56. The molecule has 0 fully saturated rings. The van der Waals surface area contributed by atoms with Gasteiger partial charge in [0.05, 0.1) is 0 Å². The van der Waals surface area contributed by atoms with E-state index in [-0.39, 0.29) is 5.91 Å². The van der Waals surface area contributed by atoms with Crippen molar-refractivity contribution in [2.24, 2.45) is 0 Å². The maximum absolute atomic E-state index is 12.0. The van der Waals surface area contributed by atoms with Crippen LogP contribution in [0.4, 0.5) is 0 Å². The van der Waals surface area contributed by atoms with Crippen LogP contribution in [0.3, 0.4) is 0 Å². The minimum atomic E-state index is -0.567. The van der Waals surface area contributed by atoms with Crippen molar-refractivity contribution in [3.8, 4) is 0 Å². The molecule has 0 aliphatic heterocycles. The van der Waals surface area contributed by atoms with Crippen molar-refractivity contribution in [2.75, 3.05) is 14.1 Å². The molecule has 0 N–H and O–H groups in total. The summed E-state index contributed by atoms with van der Waals surface area (Å²) in [4.78, 5) is 13.6. The Morgan fingerprint density at radius 1 is 0.950 bits per heavy atom. The first kappa shape index (κ1) is 14.8. The molecule has 0 spiro atoms. The van der Waals surface area contributed by atoms with Crippen molar-refractivity contribution >= 4 is 34.1 Å². The average Bonchev–Trinajstić information content (AvgIpc) is 2.48. The van der Waals surface area contributed by atoms with Crippen LogP contribution in [0.15, 0.2) is 66.7 Å². The molecule has 0 aliphatic carbocycles. The molecule has 2 rings (SSSR count). The molecule has 0 atom stereocenters. The molecule has 0 bridgehead atoms. The first-order valence-electron chi connectivity index (χ1n) is 6.38. The van der Waals surface area contributed by atoms with Crippen LogP contribution in [-0.4, -0.2) is 45.8 Å². The first-order valence-corrected chi connectivity index (χ1v) is 8.71. The average molecular weight is 379 g/mol. The zero-order valence-corrected chi connectivity index (χ0v) is 13.9. The van der Waals surface area contributed by atoms with E-state index < -0.39 is 20.9 Å². The van der Waals surface area contributed by atoms with Crippen LogP contribution in [0, 0.1) is 0 Å². The van der Waals surface area contributed by atoms with Gasteiger partial charge in [0.1, 0.15) is 0 Å². The number of carbonyl (C=O) groups excluding carboxylic acids is 1. The van der Waals surface area contributed by atoms with E-state index >= 15 is 0 Å². The van der Waals surface area contributed by atoms with Gasteiger partial charge in [0, 0.05) is 0 Å². The zero-order valence-electron chi connectivity index (χ0n) is 11.6. The first-order chi connectivity index (χ1) is 9.66. The van der Waals surface area contributed by atoms with Crippen molar-refractivity contribution in [1.82, 2.24) is 4.90 Å². The van der Waals surface area contributed by atoms with E-state index in [1.54, 1.807) is 25.1 Å². The van der Waals surface area contributed by atoms with Gasteiger partial charge in [-0.25, -0.2) is 0 Å². The molecule has 0 aliphatic rings. The van der Waals surface area contributed by atoms with Gasteiger partial charge in [0.2, 0.25) is 0 Å². The molecule has 0 saturated carbocycles. The molecule has 1 amide bonds. The number of hydrogen-bond acceptors (Lipinski definition) is 1. The van der Waals surface area contributed by atoms with Crippen LogP contribution in [0.2, 0.25) is 0 Å². The SMILES string of the molecule is CN(C)C(=O)/C=C(/[Te]c1ccccc1)c1ccccc1. The van der Waals surface area contributed by atoms with Gasteiger partial charge in [-0.2, -0.15) is 0 Å². The standard InChI is InChI=1S/C17H17NOTe/c1-18(2)17(19)13-16(14-9-5-3-6-10-14)20-15-11-7-4-8-12-15/h3-13H,1-2H3/b16-13+. The third-order valence-electron chi connectivity index (χ3n) is 2.72. The second-order valence-electron chi connectivity index (χ2n) is 4.52. The van der Waals surface area contributed by atoms with Gasteiger partial charge in [0.25, 0.3) is 0 Å². The van der Waals surface area contributed by atoms with E-state index in [4.69, 9.17) is 0 Å². The van der Waals surface area contributed by atoms with E-state index in [1.807, 2.05) is 24.3 Å². The third-order valence-corrected chi connectivity index (χ3v) is 5.81. The summed E-state index contributed by atoms with van der Waals surface area (Å²) in [5.74, 6) is 0.0462. The van der Waals surface area contributed by atoms with Gasteiger partial charge in [-0.1, -0.05) is 0 Å². The fraction of sp³-hybridized carbons (Fsp3) is 0.118. The summed E-state index contributed by atoms with van der Waals surface area (Å²) in [5, 5.41) is 0. The molecule has 3 heteroatoms. The Hall–Kier alpha value is -1.56. The number of carbonyl (C=O) groups is 1. The van der Waals surface area contributed by atoms with Crippen molar-refractivity contribution in [3.05, 3.63) is 72.3 Å². The molecule has 2 aromatic rings. The van der Waals surface area contributed by atoms with Crippen LogP contribution in [0.25, 0.3) is 3.62 Å². The van der Waals surface area contributed by atoms with Crippen molar-refractivity contribution in [2.45, 2.75) is 0 Å². The summed E-state index contributed by atoms with van der Waals surface area (Å²) >= 11 is -0.567. The Morgan fingerprint density at radius 3 is 2.05 bits per heavy atom. The molecule has 0 saturated heterocycles. The summed E-state index contributed by atoms with van der Waals surface area (Å²) < 4.78 is 2.50. The Morgan fingerprint density at radius 2 is 1.50 bits per heavy atom. The van der Waals surface area contributed by atoms with Crippen LogP contribution in [0.1, 0.15) is 5.56 Å². The quantitative estimate of drug-likeness (QED) is 0.589. The molecule has 0 heterocycles. The van der Waals surface area contributed by atoms with Gasteiger partial charge in [-0.05, 0) is 0 Å². The van der Waals surface area contributed by atoms with E-state index in [9.17, 15) is 4.79 Å².